The number of halogens is 1. The van der Waals surface area contributed by atoms with Crippen LogP contribution in [0, 0.1) is 0 Å². The van der Waals surface area contributed by atoms with Gasteiger partial charge >= 0.3 is 6.09 Å². The van der Waals surface area contributed by atoms with Gasteiger partial charge in [-0.2, -0.15) is 0 Å². The zero-order valence-electron chi connectivity index (χ0n) is 18.6. The van der Waals surface area contributed by atoms with Crippen molar-refractivity contribution in [2.24, 2.45) is 0 Å². The number of nitrogens with zero attached hydrogens (tertiary/aromatic N) is 2. The number of para-hydroxylation sites is 1. The number of rotatable bonds is 3. The number of carbonyl (C=O) groups is 2. The van der Waals surface area contributed by atoms with E-state index in [2.05, 4.69) is 0 Å². The van der Waals surface area contributed by atoms with E-state index < -0.39 is 17.7 Å². The molecule has 1 aromatic heterocycles. The van der Waals surface area contributed by atoms with Gasteiger partial charge in [0, 0.05) is 28.1 Å². The van der Waals surface area contributed by atoms with Crippen LogP contribution in [0.25, 0.3) is 22.2 Å². The maximum atomic E-state index is 13.8. The summed E-state index contributed by atoms with van der Waals surface area (Å²) in [4.78, 5) is 33.1. The van der Waals surface area contributed by atoms with Crippen molar-refractivity contribution in [3.05, 3.63) is 65.2 Å². The predicted octanol–water partition coefficient (Wildman–Crippen LogP) is 6.53. The van der Waals surface area contributed by atoms with Crippen LogP contribution in [-0.2, 0) is 4.74 Å². The highest BCUT2D eigenvalue weighted by Gasteiger charge is 2.36. The van der Waals surface area contributed by atoms with Crippen molar-refractivity contribution < 1.29 is 14.3 Å². The summed E-state index contributed by atoms with van der Waals surface area (Å²) in [6.07, 6.45) is 1.93. The van der Waals surface area contributed by atoms with Crippen LogP contribution in [0.1, 0.15) is 50.4 Å². The van der Waals surface area contributed by atoms with Crippen LogP contribution in [0.4, 0.5) is 4.79 Å². The molecule has 1 aliphatic rings. The summed E-state index contributed by atoms with van der Waals surface area (Å²) in [5.74, 6) is -0.0793. The molecule has 32 heavy (non-hydrogen) atoms. The Morgan fingerprint density at radius 3 is 2.50 bits per heavy atom. The number of amides is 1. The lowest BCUT2D eigenvalue weighted by Gasteiger charge is -2.36. The summed E-state index contributed by atoms with van der Waals surface area (Å²) in [6.45, 7) is 6.01. The van der Waals surface area contributed by atoms with Gasteiger partial charge in [-0.1, -0.05) is 41.9 Å². The van der Waals surface area contributed by atoms with E-state index in [-0.39, 0.29) is 5.78 Å². The first-order valence-electron chi connectivity index (χ1n) is 10.9. The Morgan fingerprint density at radius 1 is 1.06 bits per heavy atom. The van der Waals surface area contributed by atoms with E-state index in [0.29, 0.717) is 29.2 Å². The number of carbonyl (C=O) groups excluding carboxylic acids is 2. The highest BCUT2D eigenvalue weighted by Crippen LogP contribution is 2.30. The second kappa shape index (κ2) is 8.91. The van der Waals surface area contributed by atoms with E-state index >= 15 is 0 Å². The van der Waals surface area contributed by atoms with E-state index in [4.69, 9.17) is 21.3 Å². The molecule has 1 unspecified atom stereocenters. The first kappa shape index (κ1) is 22.3. The average molecular weight is 451 g/mol. The van der Waals surface area contributed by atoms with Crippen LogP contribution in [0.5, 0.6) is 0 Å². The number of hydrogen-bond acceptors (Lipinski definition) is 4. The number of ether oxygens (including phenoxy) is 1. The van der Waals surface area contributed by atoms with Crippen LogP contribution in [0.15, 0.2) is 54.6 Å². The van der Waals surface area contributed by atoms with Crippen molar-refractivity contribution >= 4 is 34.4 Å². The van der Waals surface area contributed by atoms with E-state index in [1.165, 1.54) is 0 Å². The van der Waals surface area contributed by atoms with Gasteiger partial charge in [0.1, 0.15) is 5.60 Å². The first-order valence-corrected chi connectivity index (χ1v) is 11.3. The van der Waals surface area contributed by atoms with Gasteiger partial charge in [0.25, 0.3) is 0 Å². The number of piperidine rings is 1. The van der Waals surface area contributed by atoms with E-state index in [0.717, 1.165) is 29.3 Å². The first-order chi connectivity index (χ1) is 15.2. The second-order valence-electron chi connectivity index (χ2n) is 9.13. The van der Waals surface area contributed by atoms with Crippen LogP contribution >= 0.6 is 11.6 Å². The Hall–Kier alpha value is -2.92. The largest absolute Gasteiger partial charge is 0.444 e. The minimum atomic E-state index is -0.618. The monoisotopic (exact) mass is 450 g/mol. The molecule has 3 aromatic rings. The zero-order valence-corrected chi connectivity index (χ0v) is 19.4. The Balaban J connectivity index is 1.76. The van der Waals surface area contributed by atoms with Crippen LogP contribution in [0.3, 0.4) is 0 Å². The molecule has 0 saturated carbocycles. The maximum Gasteiger partial charge on any atom is 0.410 e. The number of pyridine rings is 1. The third kappa shape index (κ3) is 4.78. The Morgan fingerprint density at radius 2 is 1.78 bits per heavy atom. The fourth-order valence-corrected chi connectivity index (χ4v) is 4.20. The van der Waals surface area contributed by atoms with Crippen molar-refractivity contribution in [3.63, 3.8) is 0 Å². The topological polar surface area (TPSA) is 59.5 Å². The molecule has 0 bridgehead atoms. The number of aromatic nitrogens is 1. The van der Waals surface area contributed by atoms with Gasteiger partial charge in [-0.05, 0) is 64.3 Å². The normalized spacial score (nSPS) is 16.8. The fraction of sp³-hybridized carbons (Fsp3) is 0.346. The number of Topliss-reactive ketones (excluding diaryl/α,β-unsaturated/α-hetero) is 1. The maximum absolute atomic E-state index is 13.8. The van der Waals surface area contributed by atoms with Gasteiger partial charge in [-0.15, -0.1) is 0 Å². The molecule has 4 rings (SSSR count). The van der Waals surface area contributed by atoms with Gasteiger partial charge in [-0.3, -0.25) is 9.69 Å². The predicted molar refractivity (Wildman–Crippen MR) is 127 cm³/mol. The number of likely N-dealkylation sites (tertiary alicyclic amines) is 1. The molecule has 6 heteroatoms. The SMILES string of the molecule is CC(C)(C)OC(=O)N1CCCCC1C(=O)c1cc(-c2ccc(Cl)cc2)nc2ccccc12. The third-order valence-corrected chi connectivity index (χ3v) is 5.81. The lowest BCUT2D eigenvalue weighted by Crippen LogP contribution is -2.49. The molecule has 0 aliphatic carbocycles. The average Bonchev–Trinajstić information content (AvgIpc) is 2.77. The molecule has 2 aromatic carbocycles. The standard InChI is InChI=1S/C26H27ClN2O3/c1-26(2,3)32-25(31)29-15-7-6-10-23(29)24(30)20-16-22(17-11-13-18(27)14-12-17)28-21-9-5-4-8-19(20)21/h4-5,8-9,11-14,16,23H,6-7,10,15H2,1-3H3. The molecule has 166 valence electrons. The quantitative estimate of drug-likeness (QED) is 0.426. The highest BCUT2D eigenvalue weighted by atomic mass is 35.5. The van der Waals surface area contributed by atoms with Crippen molar-refractivity contribution in [1.82, 2.24) is 9.88 Å². The highest BCUT2D eigenvalue weighted by molar-refractivity contribution is 6.30. The molecule has 5 nitrogen and oxygen atoms in total. The summed E-state index contributed by atoms with van der Waals surface area (Å²) in [5, 5.41) is 1.42. The summed E-state index contributed by atoms with van der Waals surface area (Å²) >= 11 is 6.05. The van der Waals surface area contributed by atoms with Crippen molar-refractivity contribution in [3.8, 4) is 11.3 Å². The molecule has 2 heterocycles. The summed E-state index contributed by atoms with van der Waals surface area (Å²) in [5.41, 5.74) is 2.27. The third-order valence-electron chi connectivity index (χ3n) is 5.56. The molecule has 0 radical (unpaired) electrons. The molecule has 0 N–H and O–H groups in total. The fourth-order valence-electron chi connectivity index (χ4n) is 4.07. The Labute approximate surface area is 193 Å². The molecule has 1 atom stereocenters. The van der Waals surface area contributed by atoms with Crippen LogP contribution in [0.2, 0.25) is 5.02 Å². The van der Waals surface area contributed by atoms with Crippen molar-refractivity contribution in [1.29, 1.82) is 0 Å². The smallest absolute Gasteiger partial charge is 0.410 e. The molecule has 0 spiro atoms. The number of fused-ring (bicyclic) bond motifs is 1. The lowest BCUT2D eigenvalue weighted by atomic mass is 9.92. The molecule has 1 saturated heterocycles. The van der Waals surface area contributed by atoms with Crippen LogP contribution < -0.4 is 0 Å². The zero-order chi connectivity index (χ0) is 22.9. The van der Waals surface area contributed by atoms with Gasteiger partial charge in [0.2, 0.25) is 0 Å². The summed E-state index contributed by atoms with van der Waals surface area (Å²) in [6, 6.07) is 16.3. The van der Waals surface area contributed by atoms with Crippen LogP contribution in [-0.4, -0.2) is 39.9 Å². The van der Waals surface area contributed by atoms with Gasteiger partial charge in [0.05, 0.1) is 17.3 Å². The van der Waals surface area contributed by atoms with E-state index in [9.17, 15) is 9.59 Å². The molecular weight excluding hydrogens is 424 g/mol. The van der Waals surface area contributed by atoms with E-state index in [1.807, 2.05) is 63.2 Å². The second-order valence-corrected chi connectivity index (χ2v) is 9.57. The van der Waals surface area contributed by atoms with E-state index in [1.54, 1.807) is 17.0 Å². The molecular formula is C26H27ClN2O3. The number of benzene rings is 2. The molecule has 1 amide bonds. The summed E-state index contributed by atoms with van der Waals surface area (Å²) in [7, 11) is 0. The van der Waals surface area contributed by atoms with Gasteiger partial charge in [0.15, 0.2) is 5.78 Å². The molecule has 1 aliphatic heterocycles. The Kier molecular flexibility index (Phi) is 6.20. The lowest BCUT2D eigenvalue weighted by molar-refractivity contribution is 0.0105. The number of ketones is 1. The molecule has 1 fully saturated rings. The van der Waals surface area contributed by atoms with Gasteiger partial charge in [-0.25, -0.2) is 9.78 Å². The minimum absolute atomic E-state index is 0.0793. The van der Waals surface area contributed by atoms with Crippen molar-refractivity contribution in [2.45, 2.75) is 51.7 Å². The summed E-state index contributed by atoms with van der Waals surface area (Å²) < 4.78 is 5.60. The Bertz CT molecular complexity index is 1150. The number of hydrogen-bond donors (Lipinski definition) is 0. The minimum Gasteiger partial charge on any atom is -0.444 e. The van der Waals surface area contributed by atoms with Gasteiger partial charge < -0.3 is 4.74 Å². The van der Waals surface area contributed by atoms with Crippen molar-refractivity contribution in [2.75, 3.05) is 6.54 Å².